The predicted octanol–water partition coefficient (Wildman–Crippen LogP) is 2.11. The predicted molar refractivity (Wildman–Crippen MR) is 68.7 cm³/mol. The van der Waals surface area contributed by atoms with Crippen LogP contribution in [0.2, 0.25) is 0 Å². The van der Waals surface area contributed by atoms with Crippen molar-refractivity contribution >= 4 is 11.3 Å². The number of hydrogen-bond acceptors (Lipinski definition) is 4. The van der Waals surface area contributed by atoms with Crippen LogP contribution in [0.15, 0.2) is 11.7 Å². The second-order valence-corrected chi connectivity index (χ2v) is 5.35. The van der Waals surface area contributed by atoms with Gasteiger partial charge < -0.3 is 5.32 Å². The molecule has 1 aromatic rings. The summed E-state index contributed by atoms with van der Waals surface area (Å²) in [5, 5.41) is 3.55. The van der Waals surface area contributed by atoms with E-state index in [2.05, 4.69) is 22.1 Å². The summed E-state index contributed by atoms with van der Waals surface area (Å²) in [5.41, 5.74) is 1.90. The molecular formula is C12H21N3S. The summed E-state index contributed by atoms with van der Waals surface area (Å²) in [4.78, 5) is 8.02. The molecule has 0 aliphatic carbocycles. The molecule has 0 saturated carbocycles. The van der Waals surface area contributed by atoms with Crippen molar-refractivity contribution in [2.75, 3.05) is 19.6 Å². The van der Waals surface area contributed by atoms with Gasteiger partial charge in [-0.2, -0.15) is 0 Å². The maximum absolute atomic E-state index is 4.09. The summed E-state index contributed by atoms with van der Waals surface area (Å²) < 4.78 is 0. The van der Waals surface area contributed by atoms with Crippen molar-refractivity contribution in [2.45, 2.75) is 38.8 Å². The molecule has 90 valence electrons. The molecule has 1 unspecified atom stereocenters. The first-order valence-electron chi connectivity index (χ1n) is 6.22. The minimum absolute atomic E-state index is 0.742. The zero-order valence-electron chi connectivity index (χ0n) is 9.98. The van der Waals surface area contributed by atoms with E-state index < -0.39 is 0 Å². The Balaban J connectivity index is 1.71. The third-order valence-corrected chi connectivity index (χ3v) is 4.10. The lowest BCUT2D eigenvalue weighted by atomic mass is 10.0. The lowest BCUT2D eigenvalue weighted by molar-refractivity contribution is 0.153. The number of hydrogen-bond donors (Lipinski definition) is 1. The number of likely N-dealkylation sites (N-methyl/N-ethyl adjacent to an activating group) is 1. The number of nitrogens with one attached hydrogen (secondary N) is 1. The first kappa shape index (κ1) is 12.0. The number of piperidine rings is 1. The van der Waals surface area contributed by atoms with E-state index in [1.54, 1.807) is 11.3 Å². The Hall–Kier alpha value is -0.450. The second kappa shape index (κ2) is 6.33. The van der Waals surface area contributed by atoms with E-state index >= 15 is 0 Å². The molecular weight excluding hydrogens is 218 g/mol. The molecule has 0 radical (unpaired) electrons. The molecule has 2 heterocycles. The molecule has 1 fully saturated rings. The summed E-state index contributed by atoms with van der Waals surface area (Å²) in [5.74, 6) is 0. The molecule has 1 saturated heterocycles. The van der Waals surface area contributed by atoms with E-state index in [0.29, 0.717) is 0 Å². The number of aromatic nitrogens is 1. The van der Waals surface area contributed by atoms with Crippen LogP contribution in [0, 0.1) is 0 Å². The van der Waals surface area contributed by atoms with E-state index in [9.17, 15) is 0 Å². The third-order valence-electron chi connectivity index (χ3n) is 3.32. The van der Waals surface area contributed by atoms with Gasteiger partial charge in [-0.25, -0.2) is 0 Å². The summed E-state index contributed by atoms with van der Waals surface area (Å²) in [6.07, 6.45) is 6.07. The molecule has 1 atom stereocenters. The van der Waals surface area contributed by atoms with Gasteiger partial charge in [-0.3, -0.25) is 9.88 Å². The van der Waals surface area contributed by atoms with Crippen molar-refractivity contribution in [1.82, 2.24) is 15.2 Å². The van der Waals surface area contributed by atoms with Crippen LogP contribution in [0.3, 0.4) is 0 Å². The van der Waals surface area contributed by atoms with Crippen LogP contribution in [-0.4, -0.2) is 35.6 Å². The summed E-state index contributed by atoms with van der Waals surface area (Å²) in [6, 6.07) is 0.742. The first-order valence-corrected chi connectivity index (χ1v) is 7.10. The van der Waals surface area contributed by atoms with Gasteiger partial charge in [0.25, 0.3) is 0 Å². The lowest BCUT2D eigenvalue weighted by Gasteiger charge is -2.35. The number of likely N-dealkylation sites (tertiary alicyclic amines) is 1. The Morgan fingerprint density at radius 2 is 2.50 bits per heavy atom. The van der Waals surface area contributed by atoms with E-state index in [4.69, 9.17) is 0 Å². The Morgan fingerprint density at radius 1 is 1.56 bits per heavy atom. The highest BCUT2D eigenvalue weighted by Crippen LogP contribution is 2.16. The van der Waals surface area contributed by atoms with E-state index in [0.717, 1.165) is 19.1 Å². The maximum atomic E-state index is 4.09. The fourth-order valence-corrected chi connectivity index (χ4v) is 2.96. The van der Waals surface area contributed by atoms with Crippen molar-refractivity contribution < 1.29 is 0 Å². The molecule has 0 bridgehead atoms. The van der Waals surface area contributed by atoms with Gasteiger partial charge in [0, 0.05) is 30.2 Å². The zero-order chi connectivity index (χ0) is 11.2. The SMILES string of the molecule is CCN1CCCCC1CNCc1cncs1. The normalized spacial score (nSPS) is 22.4. The molecule has 1 aromatic heterocycles. The van der Waals surface area contributed by atoms with Crippen LogP contribution in [0.5, 0.6) is 0 Å². The third kappa shape index (κ3) is 3.27. The van der Waals surface area contributed by atoms with Gasteiger partial charge >= 0.3 is 0 Å². The Labute approximate surface area is 102 Å². The van der Waals surface area contributed by atoms with Crippen LogP contribution < -0.4 is 5.32 Å². The topological polar surface area (TPSA) is 28.2 Å². The van der Waals surface area contributed by atoms with E-state index in [1.807, 2.05) is 11.7 Å². The zero-order valence-corrected chi connectivity index (χ0v) is 10.8. The van der Waals surface area contributed by atoms with Crippen molar-refractivity contribution in [3.63, 3.8) is 0 Å². The summed E-state index contributed by atoms with van der Waals surface area (Å²) in [6.45, 7) is 6.82. The minimum atomic E-state index is 0.742. The standard InChI is InChI=1S/C12H21N3S/c1-2-15-6-4-3-5-11(15)7-13-8-12-9-14-10-16-12/h9-11,13H,2-8H2,1H3. The monoisotopic (exact) mass is 239 g/mol. The number of nitrogens with zero attached hydrogens (tertiary/aromatic N) is 2. The quantitative estimate of drug-likeness (QED) is 0.853. The molecule has 1 aliphatic heterocycles. The van der Waals surface area contributed by atoms with Gasteiger partial charge in [-0.05, 0) is 25.9 Å². The van der Waals surface area contributed by atoms with Gasteiger partial charge in [0.05, 0.1) is 5.51 Å². The average molecular weight is 239 g/mol. The van der Waals surface area contributed by atoms with Crippen molar-refractivity contribution in [2.24, 2.45) is 0 Å². The number of thiazole rings is 1. The molecule has 1 aliphatic rings. The Bertz CT molecular complexity index is 286. The van der Waals surface area contributed by atoms with Crippen LogP contribution in [0.4, 0.5) is 0 Å². The molecule has 1 N–H and O–H groups in total. The molecule has 3 nitrogen and oxygen atoms in total. The highest BCUT2D eigenvalue weighted by atomic mass is 32.1. The number of rotatable bonds is 5. The van der Waals surface area contributed by atoms with E-state index in [1.165, 1.54) is 37.2 Å². The smallest absolute Gasteiger partial charge is 0.0794 e. The van der Waals surface area contributed by atoms with Gasteiger partial charge in [-0.1, -0.05) is 13.3 Å². The second-order valence-electron chi connectivity index (χ2n) is 4.38. The first-order chi connectivity index (χ1) is 7.90. The molecule has 2 rings (SSSR count). The molecule has 0 aromatic carbocycles. The van der Waals surface area contributed by atoms with Gasteiger partial charge in [0.1, 0.15) is 0 Å². The highest BCUT2D eigenvalue weighted by molar-refractivity contribution is 7.09. The van der Waals surface area contributed by atoms with Crippen LogP contribution in [0.1, 0.15) is 31.1 Å². The molecule has 0 amide bonds. The largest absolute Gasteiger partial charge is 0.310 e. The Morgan fingerprint density at radius 3 is 3.25 bits per heavy atom. The summed E-state index contributed by atoms with van der Waals surface area (Å²) in [7, 11) is 0. The summed E-state index contributed by atoms with van der Waals surface area (Å²) >= 11 is 1.73. The van der Waals surface area contributed by atoms with Crippen LogP contribution in [0.25, 0.3) is 0 Å². The van der Waals surface area contributed by atoms with Crippen molar-refractivity contribution in [3.05, 3.63) is 16.6 Å². The molecule has 0 spiro atoms. The van der Waals surface area contributed by atoms with Gasteiger partial charge in [-0.15, -0.1) is 11.3 Å². The maximum Gasteiger partial charge on any atom is 0.0794 e. The van der Waals surface area contributed by atoms with Gasteiger partial charge in [0.15, 0.2) is 0 Å². The minimum Gasteiger partial charge on any atom is -0.310 e. The van der Waals surface area contributed by atoms with Crippen molar-refractivity contribution in [3.8, 4) is 0 Å². The Kier molecular flexibility index (Phi) is 4.75. The highest BCUT2D eigenvalue weighted by Gasteiger charge is 2.19. The van der Waals surface area contributed by atoms with E-state index in [-0.39, 0.29) is 0 Å². The molecule has 16 heavy (non-hydrogen) atoms. The lowest BCUT2D eigenvalue weighted by Crippen LogP contribution is -2.45. The fraction of sp³-hybridized carbons (Fsp3) is 0.750. The van der Waals surface area contributed by atoms with Gasteiger partial charge in [0.2, 0.25) is 0 Å². The average Bonchev–Trinajstić information content (AvgIpc) is 2.83. The van der Waals surface area contributed by atoms with Crippen LogP contribution >= 0.6 is 11.3 Å². The fourth-order valence-electron chi connectivity index (χ4n) is 2.40. The van der Waals surface area contributed by atoms with Crippen LogP contribution in [-0.2, 0) is 6.54 Å². The molecule has 4 heteroatoms. The van der Waals surface area contributed by atoms with Crippen molar-refractivity contribution in [1.29, 1.82) is 0 Å².